The molecule has 3 heterocycles. The molecule has 0 spiro atoms. The number of carbonyl (C=O) groups is 1. The van der Waals surface area contributed by atoms with Crippen molar-refractivity contribution in [1.82, 2.24) is 4.90 Å². The van der Waals surface area contributed by atoms with Crippen molar-refractivity contribution in [3.63, 3.8) is 0 Å². The first kappa shape index (κ1) is 11.4. The molecule has 5 atom stereocenters. The predicted molar refractivity (Wildman–Crippen MR) is 54.7 cm³/mol. The maximum Gasteiger partial charge on any atom is 0.224 e. The minimum absolute atomic E-state index is 0.0550. The van der Waals surface area contributed by atoms with Crippen LogP contribution < -0.4 is 5.73 Å². The van der Waals surface area contributed by atoms with Crippen LogP contribution in [0.5, 0.6) is 0 Å². The third-order valence-corrected chi connectivity index (χ3v) is 3.93. The van der Waals surface area contributed by atoms with Crippen molar-refractivity contribution in [2.45, 2.75) is 36.6 Å². The molecular formula is C10H16N2O5. The SMILES string of the molecule is NC[C@@]12COC(O1)[C@H](N1CCC1=O)C(O)[C@H]2O. The minimum Gasteiger partial charge on any atom is -0.388 e. The quantitative estimate of drug-likeness (QED) is 0.460. The van der Waals surface area contributed by atoms with Gasteiger partial charge in [-0.05, 0) is 0 Å². The van der Waals surface area contributed by atoms with Gasteiger partial charge >= 0.3 is 0 Å². The lowest BCUT2D eigenvalue weighted by Gasteiger charge is -2.48. The van der Waals surface area contributed by atoms with Crippen LogP contribution in [0.15, 0.2) is 0 Å². The van der Waals surface area contributed by atoms with Gasteiger partial charge in [-0.3, -0.25) is 4.79 Å². The maximum absolute atomic E-state index is 11.4. The van der Waals surface area contributed by atoms with Gasteiger partial charge in [-0.2, -0.15) is 0 Å². The van der Waals surface area contributed by atoms with E-state index < -0.39 is 30.1 Å². The van der Waals surface area contributed by atoms with E-state index in [1.54, 1.807) is 0 Å². The van der Waals surface area contributed by atoms with Crippen molar-refractivity contribution in [2.24, 2.45) is 5.73 Å². The summed E-state index contributed by atoms with van der Waals surface area (Å²) in [7, 11) is 0. The normalized spacial score (nSPS) is 49.4. The van der Waals surface area contributed by atoms with Crippen molar-refractivity contribution in [3.8, 4) is 0 Å². The number of likely N-dealkylation sites (tertiary alicyclic amines) is 1. The molecule has 17 heavy (non-hydrogen) atoms. The molecule has 2 bridgehead atoms. The Labute approximate surface area is 98.1 Å². The zero-order chi connectivity index (χ0) is 12.2. The first-order valence-corrected chi connectivity index (χ1v) is 5.74. The summed E-state index contributed by atoms with van der Waals surface area (Å²) in [5.41, 5.74) is 4.53. The Morgan fingerprint density at radius 1 is 1.53 bits per heavy atom. The van der Waals surface area contributed by atoms with Crippen molar-refractivity contribution in [3.05, 3.63) is 0 Å². The molecular weight excluding hydrogens is 228 g/mol. The molecule has 3 saturated heterocycles. The van der Waals surface area contributed by atoms with Crippen LogP contribution >= 0.6 is 0 Å². The highest BCUT2D eigenvalue weighted by Crippen LogP contribution is 2.39. The second-order valence-corrected chi connectivity index (χ2v) is 4.83. The van der Waals surface area contributed by atoms with E-state index in [4.69, 9.17) is 15.2 Å². The molecule has 3 rings (SSSR count). The number of hydrogen-bond donors (Lipinski definition) is 3. The molecule has 0 aromatic heterocycles. The lowest BCUT2D eigenvalue weighted by Crippen LogP contribution is -2.69. The highest BCUT2D eigenvalue weighted by molar-refractivity contribution is 5.82. The number of hydrogen-bond acceptors (Lipinski definition) is 6. The standard InChI is InChI=1S/C10H16N2O5/c11-3-10-4-16-9(17-10)6(7(14)8(10)15)12-2-1-5(12)13/h6-9,14-15H,1-4,11H2/t6-,7?,8-,9?,10+/m1/s1. The van der Waals surface area contributed by atoms with Crippen molar-refractivity contribution in [2.75, 3.05) is 19.7 Å². The summed E-state index contributed by atoms with van der Waals surface area (Å²) in [6.45, 7) is 0.777. The lowest BCUT2D eigenvalue weighted by molar-refractivity contribution is -0.245. The van der Waals surface area contributed by atoms with Crippen molar-refractivity contribution >= 4 is 5.91 Å². The van der Waals surface area contributed by atoms with E-state index in [-0.39, 0.29) is 19.1 Å². The van der Waals surface area contributed by atoms with Crippen LogP contribution in [-0.2, 0) is 14.3 Å². The lowest BCUT2D eigenvalue weighted by atomic mass is 9.86. The molecule has 1 amide bonds. The monoisotopic (exact) mass is 244 g/mol. The van der Waals surface area contributed by atoms with Gasteiger partial charge in [-0.25, -0.2) is 0 Å². The number of aliphatic hydroxyl groups is 2. The molecule has 2 unspecified atom stereocenters. The molecule has 0 aliphatic carbocycles. The summed E-state index contributed by atoms with van der Waals surface area (Å²) in [5, 5.41) is 20.2. The Balaban J connectivity index is 1.86. The number of carbonyl (C=O) groups excluding carboxylic acids is 1. The Morgan fingerprint density at radius 3 is 2.82 bits per heavy atom. The van der Waals surface area contributed by atoms with Crippen LogP contribution in [0.3, 0.4) is 0 Å². The van der Waals surface area contributed by atoms with E-state index in [9.17, 15) is 15.0 Å². The molecule has 0 radical (unpaired) electrons. The zero-order valence-corrected chi connectivity index (χ0v) is 9.28. The molecule has 0 aromatic carbocycles. The van der Waals surface area contributed by atoms with Gasteiger partial charge in [0, 0.05) is 19.5 Å². The van der Waals surface area contributed by atoms with E-state index in [1.165, 1.54) is 4.90 Å². The number of β-lactam (4-membered cyclic amide) rings is 1. The first-order chi connectivity index (χ1) is 8.09. The number of fused-ring (bicyclic) bond motifs is 2. The summed E-state index contributed by atoms with van der Waals surface area (Å²) >= 11 is 0. The molecule has 7 nitrogen and oxygen atoms in total. The van der Waals surface area contributed by atoms with Gasteiger partial charge in [0.25, 0.3) is 0 Å². The van der Waals surface area contributed by atoms with E-state index >= 15 is 0 Å². The third-order valence-electron chi connectivity index (χ3n) is 3.93. The average Bonchev–Trinajstić information content (AvgIpc) is 2.73. The van der Waals surface area contributed by atoms with Crippen LogP contribution in [0.2, 0.25) is 0 Å². The highest BCUT2D eigenvalue weighted by atomic mass is 16.7. The fraction of sp³-hybridized carbons (Fsp3) is 0.900. The largest absolute Gasteiger partial charge is 0.388 e. The Bertz CT molecular complexity index is 352. The third kappa shape index (κ3) is 1.37. The van der Waals surface area contributed by atoms with Crippen LogP contribution in [0.25, 0.3) is 0 Å². The summed E-state index contributed by atoms with van der Waals surface area (Å²) < 4.78 is 11.0. The van der Waals surface area contributed by atoms with Gasteiger partial charge in [0.15, 0.2) is 6.29 Å². The smallest absolute Gasteiger partial charge is 0.224 e. The maximum atomic E-state index is 11.4. The number of rotatable bonds is 2. The molecule has 7 heteroatoms. The summed E-state index contributed by atoms with van der Waals surface area (Å²) in [6.07, 6.45) is -2.44. The average molecular weight is 244 g/mol. The predicted octanol–water partition coefficient (Wildman–Crippen LogP) is -2.61. The van der Waals surface area contributed by atoms with Crippen LogP contribution in [0.4, 0.5) is 0 Å². The van der Waals surface area contributed by atoms with Crippen LogP contribution in [-0.4, -0.2) is 70.9 Å². The van der Waals surface area contributed by atoms with Gasteiger partial charge in [0.2, 0.25) is 5.91 Å². The molecule has 3 fully saturated rings. The van der Waals surface area contributed by atoms with Gasteiger partial charge in [0.05, 0.1) is 6.61 Å². The van der Waals surface area contributed by atoms with Gasteiger partial charge < -0.3 is 30.3 Å². The molecule has 3 aliphatic heterocycles. The van der Waals surface area contributed by atoms with E-state index in [0.29, 0.717) is 13.0 Å². The Kier molecular flexibility index (Phi) is 2.43. The number of ether oxygens (including phenoxy) is 2. The number of aliphatic hydroxyl groups excluding tert-OH is 2. The number of amides is 1. The fourth-order valence-corrected chi connectivity index (χ4v) is 2.71. The van der Waals surface area contributed by atoms with Crippen LogP contribution in [0, 0.1) is 0 Å². The van der Waals surface area contributed by atoms with Gasteiger partial charge in [-0.15, -0.1) is 0 Å². The van der Waals surface area contributed by atoms with Crippen molar-refractivity contribution in [1.29, 1.82) is 0 Å². The highest BCUT2D eigenvalue weighted by Gasteiger charge is 2.61. The first-order valence-electron chi connectivity index (χ1n) is 5.74. The second kappa shape index (κ2) is 3.63. The second-order valence-electron chi connectivity index (χ2n) is 4.83. The van der Waals surface area contributed by atoms with E-state index in [1.807, 2.05) is 0 Å². The number of nitrogens with zero attached hydrogens (tertiary/aromatic N) is 1. The van der Waals surface area contributed by atoms with Crippen molar-refractivity contribution < 1.29 is 24.5 Å². The number of nitrogens with two attached hydrogens (primary N) is 1. The summed E-state index contributed by atoms with van der Waals surface area (Å²) in [5.74, 6) is -0.0550. The molecule has 4 N–H and O–H groups in total. The Hall–Kier alpha value is -0.730. The topological polar surface area (TPSA) is 105 Å². The minimum atomic E-state index is -1.13. The molecule has 0 saturated carbocycles. The molecule has 0 aromatic rings. The van der Waals surface area contributed by atoms with E-state index in [2.05, 4.69) is 0 Å². The molecule has 3 aliphatic rings. The zero-order valence-electron chi connectivity index (χ0n) is 9.28. The Morgan fingerprint density at radius 2 is 2.29 bits per heavy atom. The van der Waals surface area contributed by atoms with Gasteiger partial charge in [-0.1, -0.05) is 0 Å². The molecule has 96 valence electrons. The summed E-state index contributed by atoms with van der Waals surface area (Å²) in [6, 6.07) is -0.631. The van der Waals surface area contributed by atoms with Gasteiger partial charge in [0.1, 0.15) is 23.9 Å². The summed E-state index contributed by atoms with van der Waals surface area (Å²) in [4.78, 5) is 12.9. The van der Waals surface area contributed by atoms with E-state index in [0.717, 1.165) is 0 Å². The fourth-order valence-electron chi connectivity index (χ4n) is 2.71. The van der Waals surface area contributed by atoms with Crippen LogP contribution in [0.1, 0.15) is 6.42 Å².